The van der Waals surface area contributed by atoms with Crippen molar-refractivity contribution in [2.75, 3.05) is 0 Å². The number of para-hydroxylation sites is 2. The number of furan rings is 2. The summed E-state index contributed by atoms with van der Waals surface area (Å²) >= 11 is 0. The summed E-state index contributed by atoms with van der Waals surface area (Å²) in [6, 6.07) is 71.2. The Balaban J connectivity index is 0.942. The fourth-order valence-corrected chi connectivity index (χ4v) is 10.2. The van der Waals surface area contributed by atoms with Gasteiger partial charge in [-0.3, -0.25) is 0 Å². The molecule has 7 nitrogen and oxygen atoms in total. The first-order valence-corrected chi connectivity index (χ1v) is 22.0. The van der Waals surface area contributed by atoms with Crippen molar-refractivity contribution in [3.05, 3.63) is 229 Å². The van der Waals surface area contributed by atoms with Crippen molar-refractivity contribution in [1.29, 1.82) is 0 Å². The second-order valence-corrected chi connectivity index (χ2v) is 16.9. The van der Waals surface area contributed by atoms with E-state index >= 15 is 0 Å². The third-order valence-electron chi connectivity index (χ3n) is 13.3. The highest BCUT2D eigenvalue weighted by Gasteiger charge is 2.46. The Morgan fingerprint density at radius 3 is 1.39 bits per heavy atom. The van der Waals surface area contributed by atoms with Crippen molar-refractivity contribution < 1.29 is 13.3 Å². The number of hydrogen-bond acceptors (Lipinski definition) is 7. The van der Waals surface area contributed by atoms with Crippen LogP contribution < -0.4 is 0 Å². The van der Waals surface area contributed by atoms with E-state index in [0.717, 1.165) is 88.4 Å². The van der Waals surface area contributed by atoms with Crippen molar-refractivity contribution in [3.8, 4) is 56.7 Å². The topological polar surface area (TPSA) is 91.0 Å². The van der Waals surface area contributed by atoms with Gasteiger partial charge >= 0.3 is 0 Å². The Hall–Kier alpha value is -8.94. The van der Waals surface area contributed by atoms with Gasteiger partial charge in [0.05, 0.1) is 5.41 Å². The summed E-state index contributed by atoms with van der Waals surface area (Å²) in [7, 11) is 0. The van der Waals surface area contributed by atoms with Gasteiger partial charge in [0.2, 0.25) is 5.89 Å². The molecule has 0 unspecified atom stereocenters. The summed E-state index contributed by atoms with van der Waals surface area (Å²) < 4.78 is 19.2. The summed E-state index contributed by atoms with van der Waals surface area (Å²) in [4.78, 5) is 20.4. The molecule has 0 N–H and O–H groups in total. The summed E-state index contributed by atoms with van der Waals surface area (Å²) in [5, 5.41) is 4.22. The van der Waals surface area contributed by atoms with Crippen LogP contribution >= 0.6 is 0 Å². The number of benzene rings is 9. The molecule has 14 rings (SSSR count). The minimum absolute atomic E-state index is 0.538. The molecule has 0 saturated heterocycles. The Morgan fingerprint density at radius 1 is 0.303 bits per heavy atom. The van der Waals surface area contributed by atoms with Crippen LogP contribution in [0.2, 0.25) is 0 Å². The molecular weight excluding hydrogens is 813 g/mol. The van der Waals surface area contributed by atoms with Crippen LogP contribution in [0.3, 0.4) is 0 Å². The zero-order valence-corrected chi connectivity index (χ0v) is 35.1. The van der Waals surface area contributed by atoms with Gasteiger partial charge in [0.25, 0.3) is 0 Å². The van der Waals surface area contributed by atoms with E-state index in [2.05, 4.69) is 127 Å². The van der Waals surface area contributed by atoms with Crippen molar-refractivity contribution in [2.24, 2.45) is 0 Å². The lowest BCUT2D eigenvalue weighted by molar-refractivity contribution is 0.618. The highest BCUT2D eigenvalue weighted by atomic mass is 16.3. The second-order valence-electron chi connectivity index (χ2n) is 16.9. The molecule has 7 heteroatoms. The van der Waals surface area contributed by atoms with Crippen LogP contribution in [0.5, 0.6) is 0 Å². The lowest BCUT2D eigenvalue weighted by Crippen LogP contribution is -2.28. The predicted molar refractivity (Wildman–Crippen MR) is 261 cm³/mol. The molecule has 13 aromatic rings. The molecule has 0 spiro atoms. The van der Waals surface area contributed by atoms with Crippen LogP contribution in [0, 0.1) is 0 Å². The highest BCUT2D eigenvalue weighted by Crippen LogP contribution is 2.56. The lowest BCUT2D eigenvalue weighted by atomic mass is 9.67. The monoisotopic (exact) mass is 846 g/mol. The van der Waals surface area contributed by atoms with Crippen molar-refractivity contribution in [2.45, 2.75) is 5.41 Å². The Morgan fingerprint density at radius 2 is 0.788 bits per heavy atom. The van der Waals surface area contributed by atoms with Gasteiger partial charge in [0.15, 0.2) is 23.1 Å². The average molecular weight is 847 g/mol. The second kappa shape index (κ2) is 14.0. The zero-order chi connectivity index (χ0) is 43.3. The average Bonchev–Trinajstić information content (AvgIpc) is 4.16. The molecule has 66 heavy (non-hydrogen) atoms. The van der Waals surface area contributed by atoms with Gasteiger partial charge in [-0.25, -0.2) is 19.9 Å². The van der Waals surface area contributed by atoms with Gasteiger partial charge in [-0.2, -0.15) is 0 Å². The van der Waals surface area contributed by atoms with Crippen molar-refractivity contribution in [3.63, 3.8) is 0 Å². The molecule has 1 aliphatic rings. The molecule has 0 amide bonds. The number of fused-ring (bicyclic) bond motifs is 10. The SMILES string of the molecule is c1ccc(-c2nc3ccc(C4(c5ccc(-c6nc(-c7ccc8c(c7)oc7ccccc78)nc(-c7ccc8c(c7)oc7ccccc78)n6)cc5)c5ccccc5-c5ccccc54)cc3o2)cc1. The molecule has 4 aromatic heterocycles. The summed E-state index contributed by atoms with van der Waals surface area (Å²) in [5.41, 5.74) is 14.5. The Kier molecular flexibility index (Phi) is 7.77. The molecule has 0 bridgehead atoms. The largest absolute Gasteiger partial charge is 0.456 e. The van der Waals surface area contributed by atoms with E-state index in [1.807, 2.05) is 78.9 Å². The van der Waals surface area contributed by atoms with Crippen LogP contribution in [-0.2, 0) is 5.41 Å². The molecular formula is C59H34N4O3. The van der Waals surface area contributed by atoms with Gasteiger partial charge in [-0.1, -0.05) is 146 Å². The van der Waals surface area contributed by atoms with Gasteiger partial charge < -0.3 is 13.3 Å². The summed E-state index contributed by atoms with van der Waals surface area (Å²) in [6.07, 6.45) is 0. The Bertz CT molecular complexity index is 3890. The predicted octanol–water partition coefficient (Wildman–Crippen LogP) is 14.8. The first kappa shape index (κ1) is 36.5. The lowest BCUT2D eigenvalue weighted by Gasteiger charge is -2.33. The number of aromatic nitrogens is 4. The van der Waals surface area contributed by atoms with Crippen LogP contribution in [0.25, 0.3) is 112 Å². The van der Waals surface area contributed by atoms with Gasteiger partial charge in [-0.05, 0) is 94.0 Å². The maximum absolute atomic E-state index is 6.52. The standard InChI is InChI=1S/C59H34N4O3/c1-2-12-36(13-3-1)58-60-49-31-28-40(34-54(49)66-58)59(47-18-8-4-14-41(47)42-15-5-9-19-48(42)59)39-26-22-35(23-27-39)55-61-56(37-24-29-45-43-16-6-10-20-50(43)64-52(45)32-37)63-57(62-55)38-25-30-46-44-17-7-11-21-51(44)65-53(46)33-38/h1-34H. The minimum atomic E-state index is -0.668. The van der Waals surface area contributed by atoms with Crippen LogP contribution in [0.15, 0.2) is 220 Å². The third kappa shape index (κ3) is 5.44. The number of hydrogen-bond donors (Lipinski definition) is 0. The van der Waals surface area contributed by atoms with E-state index in [4.69, 9.17) is 33.2 Å². The number of rotatable bonds is 6. The van der Waals surface area contributed by atoms with Crippen LogP contribution in [0.1, 0.15) is 22.3 Å². The van der Waals surface area contributed by atoms with Crippen LogP contribution in [-0.4, -0.2) is 19.9 Å². The zero-order valence-electron chi connectivity index (χ0n) is 35.1. The molecule has 9 aromatic carbocycles. The van der Waals surface area contributed by atoms with Crippen molar-refractivity contribution >= 4 is 55.0 Å². The third-order valence-corrected chi connectivity index (χ3v) is 13.3. The number of nitrogens with zero attached hydrogens (tertiary/aromatic N) is 4. The first-order valence-electron chi connectivity index (χ1n) is 22.0. The van der Waals surface area contributed by atoms with E-state index in [1.54, 1.807) is 0 Å². The number of oxazole rings is 1. The first-order chi connectivity index (χ1) is 32.7. The molecule has 4 heterocycles. The van der Waals surface area contributed by atoms with E-state index in [-0.39, 0.29) is 0 Å². The quantitative estimate of drug-likeness (QED) is 0.165. The highest BCUT2D eigenvalue weighted by molar-refractivity contribution is 6.07. The molecule has 0 atom stereocenters. The molecule has 0 fully saturated rings. The molecule has 0 radical (unpaired) electrons. The van der Waals surface area contributed by atoms with Gasteiger partial charge in [0, 0.05) is 43.8 Å². The van der Waals surface area contributed by atoms with E-state index in [0.29, 0.717) is 23.4 Å². The normalized spacial score (nSPS) is 13.0. The molecule has 0 saturated carbocycles. The molecule has 0 aliphatic heterocycles. The van der Waals surface area contributed by atoms with Crippen LogP contribution in [0.4, 0.5) is 0 Å². The van der Waals surface area contributed by atoms with E-state index < -0.39 is 5.41 Å². The summed E-state index contributed by atoms with van der Waals surface area (Å²) in [6.45, 7) is 0. The molecule has 1 aliphatic carbocycles. The fourth-order valence-electron chi connectivity index (χ4n) is 10.2. The maximum Gasteiger partial charge on any atom is 0.227 e. The smallest absolute Gasteiger partial charge is 0.227 e. The van der Waals surface area contributed by atoms with Gasteiger partial charge in [0.1, 0.15) is 27.8 Å². The Labute approximate surface area is 377 Å². The van der Waals surface area contributed by atoms with Gasteiger partial charge in [-0.15, -0.1) is 0 Å². The molecule has 308 valence electrons. The minimum Gasteiger partial charge on any atom is -0.456 e. The fraction of sp³-hybridized carbons (Fsp3) is 0.0169. The van der Waals surface area contributed by atoms with Crippen molar-refractivity contribution in [1.82, 2.24) is 19.9 Å². The summed E-state index contributed by atoms with van der Waals surface area (Å²) in [5.74, 6) is 2.22. The maximum atomic E-state index is 6.52. The van der Waals surface area contributed by atoms with E-state index in [9.17, 15) is 0 Å². The van der Waals surface area contributed by atoms with E-state index in [1.165, 1.54) is 22.3 Å².